The molecule has 2 aliphatic rings. The Hall–Kier alpha value is -1.62. The van der Waals surface area contributed by atoms with E-state index in [-0.39, 0.29) is 11.7 Å². The van der Waals surface area contributed by atoms with Crippen LogP contribution in [0.5, 0.6) is 5.75 Å². The van der Waals surface area contributed by atoms with E-state index in [4.69, 9.17) is 4.74 Å². The van der Waals surface area contributed by atoms with Gasteiger partial charge in [0.05, 0.1) is 12.3 Å². The second-order valence-corrected chi connectivity index (χ2v) is 7.21. The van der Waals surface area contributed by atoms with Crippen molar-refractivity contribution in [3.05, 3.63) is 24.0 Å². The highest BCUT2D eigenvalue weighted by Crippen LogP contribution is 2.32. The van der Waals surface area contributed by atoms with Gasteiger partial charge in [-0.3, -0.25) is 4.79 Å². The van der Waals surface area contributed by atoms with Crippen LogP contribution in [0.2, 0.25) is 0 Å². The molecule has 1 aromatic carbocycles. The summed E-state index contributed by atoms with van der Waals surface area (Å²) in [7, 11) is 0. The summed E-state index contributed by atoms with van der Waals surface area (Å²) in [6.45, 7) is 4.81. The third-order valence-corrected chi connectivity index (χ3v) is 5.09. The topological polar surface area (TPSA) is 50.4 Å². The molecule has 0 aromatic heterocycles. The molecule has 3 rings (SSSR count). The van der Waals surface area contributed by atoms with Crippen LogP contribution < -0.4 is 15.4 Å². The molecule has 132 valence electrons. The van der Waals surface area contributed by atoms with E-state index in [1.54, 1.807) is 6.07 Å². The van der Waals surface area contributed by atoms with Gasteiger partial charge in [0.2, 0.25) is 5.91 Å². The standard InChI is InChI=1S/C19H27FN2O2/c1-13(15-6-8-21-9-7-15)10-19(23)22-17-5-4-16(20)11-18(17)24-12-14-2-3-14/h4-5,11,13-15,21H,2-3,6-10,12H2,1H3,(H,22,23). The lowest BCUT2D eigenvalue weighted by Gasteiger charge is -2.28. The molecule has 1 heterocycles. The van der Waals surface area contributed by atoms with Crippen LogP contribution in [0.25, 0.3) is 0 Å². The predicted octanol–water partition coefficient (Wildman–Crippen LogP) is 3.58. The van der Waals surface area contributed by atoms with Gasteiger partial charge in [0.15, 0.2) is 0 Å². The fraction of sp³-hybridized carbons (Fsp3) is 0.632. The lowest BCUT2D eigenvalue weighted by atomic mass is 9.84. The van der Waals surface area contributed by atoms with Crippen LogP contribution in [0, 0.1) is 23.6 Å². The summed E-state index contributed by atoms with van der Waals surface area (Å²) in [5, 5.41) is 6.26. The highest BCUT2D eigenvalue weighted by Gasteiger charge is 2.24. The number of anilines is 1. The molecule has 0 bridgehead atoms. The maximum absolute atomic E-state index is 13.5. The Labute approximate surface area is 143 Å². The molecule has 2 fully saturated rings. The number of amides is 1. The summed E-state index contributed by atoms with van der Waals surface area (Å²) >= 11 is 0. The molecular weight excluding hydrogens is 307 g/mol. The Bertz CT molecular complexity index is 568. The van der Waals surface area contributed by atoms with E-state index in [0.717, 1.165) is 25.9 Å². The molecule has 0 spiro atoms. The average molecular weight is 334 g/mol. The minimum Gasteiger partial charge on any atom is -0.491 e. The molecule has 5 heteroatoms. The quantitative estimate of drug-likeness (QED) is 0.801. The largest absolute Gasteiger partial charge is 0.491 e. The summed E-state index contributed by atoms with van der Waals surface area (Å²) in [6.07, 6.45) is 5.08. The van der Waals surface area contributed by atoms with E-state index in [2.05, 4.69) is 17.6 Å². The number of ether oxygens (including phenoxy) is 1. The van der Waals surface area contributed by atoms with Crippen molar-refractivity contribution < 1.29 is 13.9 Å². The summed E-state index contributed by atoms with van der Waals surface area (Å²) in [6, 6.07) is 4.30. The van der Waals surface area contributed by atoms with Crippen molar-refractivity contribution in [2.45, 2.75) is 39.0 Å². The van der Waals surface area contributed by atoms with Gasteiger partial charge >= 0.3 is 0 Å². The van der Waals surface area contributed by atoms with Crippen LogP contribution in [0.15, 0.2) is 18.2 Å². The number of nitrogens with one attached hydrogen (secondary N) is 2. The second-order valence-electron chi connectivity index (χ2n) is 7.21. The van der Waals surface area contributed by atoms with Gasteiger partial charge < -0.3 is 15.4 Å². The van der Waals surface area contributed by atoms with Gasteiger partial charge in [0.25, 0.3) is 0 Å². The molecule has 1 aromatic rings. The number of benzene rings is 1. The highest BCUT2D eigenvalue weighted by molar-refractivity contribution is 5.92. The molecule has 1 atom stereocenters. The summed E-state index contributed by atoms with van der Waals surface area (Å²) in [5.74, 6) is 1.59. The summed E-state index contributed by atoms with van der Waals surface area (Å²) in [5.41, 5.74) is 0.569. The molecule has 0 radical (unpaired) electrons. The summed E-state index contributed by atoms with van der Waals surface area (Å²) < 4.78 is 19.2. The molecule has 4 nitrogen and oxygen atoms in total. The average Bonchev–Trinajstić information content (AvgIpc) is 3.40. The van der Waals surface area contributed by atoms with Crippen LogP contribution in [0.4, 0.5) is 10.1 Å². The lowest BCUT2D eigenvalue weighted by Crippen LogP contribution is -2.32. The first-order valence-corrected chi connectivity index (χ1v) is 9.04. The minimum absolute atomic E-state index is 0.0242. The van der Waals surface area contributed by atoms with Gasteiger partial charge in [-0.05, 0) is 68.7 Å². The van der Waals surface area contributed by atoms with Crippen LogP contribution >= 0.6 is 0 Å². The first-order chi connectivity index (χ1) is 11.6. The minimum atomic E-state index is -0.345. The number of rotatable bonds is 7. The van der Waals surface area contributed by atoms with E-state index < -0.39 is 0 Å². The zero-order valence-electron chi connectivity index (χ0n) is 14.3. The molecule has 1 aliphatic heterocycles. The Morgan fingerprint density at radius 3 is 2.79 bits per heavy atom. The number of carbonyl (C=O) groups is 1. The fourth-order valence-electron chi connectivity index (χ4n) is 3.28. The summed E-state index contributed by atoms with van der Waals surface area (Å²) in [4.78, 5) is 12.4. The number of piperidine rings is 1. The van der Waals surface area contributed by atoms with Crippen molar-refractivity contribution in [1.82, 2.24) is 5.32 Å². The number of halogens is 1. The van der Waals surface area contributed by atoms with E-state index in [0.29, 0.717) is 42.2 Å². The van der Waals surface area contributed by atoms with E-state index >= 15 is 0 Å². The molecule has 1 saturated carbocycles. The normalized spacial score (nSPS) is 19.8. The Kier molecular flexibility index (Phi) is 5.72. The monoisotopic (exact) mass is 334 g/mol. The van der Waals surface area contributed by atoms with Crippen molar-refractivity contribution in [3.63, 3.8) is 0 Å². The van der Waals surface area contributed by atoms with Gasteiger partial charge in [-0.25, -0.2) is 4.39 Å². The van der Waals surface area contributed by atoms with E-state index in [1.165, 1.54) is 25.0 Å². The zero-order chi connectivity index (χ0) is 16.9. The van der Waals surface area contributed by atoms with E-state index in [9.17, 15) is 9.18 Å². The van der Waals surface area contributed by atoms with Crippen molar-refractivity contribution in [2.24, 2.45) is 17.8 Å². The molecule has 1 unspecified atom stereocenters. The first kappa shape index (κ1) is 17.2. The number of hydrogen-bond donors (Lipinski definition) is 2. The van der Waals surface area contributed by atoms with Gasteiger partial charge in [0, 0.05) is 12.5 Å². The molecule has 1 aliphatic carbocycles. The molecule has 2 N–H and O–H groups in total. The molecular formula is C19H27FN2O2. The van der Waals surface area contributed by atoms with Crippen molar-refractivity contribution in [1.29, 1.82) is 0 Å². The third-order valence-electron chi connectivity index (χ3n) is 5.09. The van der Waals surface area contributed by atoms with Crippen LogP contribution in [0.3, 0.4) is 0 Å². The fourth-order valence-corrected chi connectivity index (χ4v) is 3.28. The Morgan fingerprint density at radius 2 is 2.08 bits per heavy atom. The molecule has 24 heavy (non-hydrogen) atoms. The van der Waals surface area contributed by atoms with Gasteiger partial charge in [-0.2, -0.15) is 0 Å². The Morgan fingerprint density at radius 1 is 1.33 bits per heavy atom. The number of hydrogen-bond acceptors (Lipinski definition) is 3. The van der Waals surface area contributed by atoms with Gasteiger partial charge in [-0.1, -0.05) is 6.92 Å². The maximum Gasteiger partial charge on any atom is 0.224 e. The van der Waals surface area contributed by atoms with Crippen molar-refractivity contribution >= 4 is 11.6 Å². The SMILES string of the molecule is CC(CC(=O)Nc1ccc(F)cc1OCC1CC1)C1CCNCC1. The third kappa shape index (κ3) is 4.94. The second kappa shape index (κ2) is 7.97. The smallest absolute Gasteiger partial charge is 0.224 e. The lowest BCUT2D eigenvalue weighted by molar-refractivity contribution is -0.117. The van der Waals surface area contributed by atoms with E-state index in [1.807, 2.05) is 0 Å². The van der Waals surface area contributed by atoms with Crippen molar-refractivity contribution in [2.75, 3.05) is 25.0 Å². The zero-order valence-corrected chi connectivity index (χ0v) is 14.3. The van der Waals surface area contributed by atoms with Crippen LogP contribution in [-0.2, 0) is 4.79 Å². The highest BCUT2D eigenvalue weighted by atomic mass is 19.1. The van der Waals surface area contributed by atoms with Gasteiger partial charge in [0.1, 0.15) is 11.6 Å². The Balaban J connectivity index is 1.56. The predicted molar refractivity (Wildman–Crippen MR) is 92.6 cm³/mol. The first-order valence-electron chi connectivity index (χ1n) is 9.04. The molecule has 1 saturated heterocycles. The van der Waals surface area contributed by atoms with Crippen LogP contribution in [0.1, 0.15) is 39.0 Å². The van der Waals surface area contributed by atoms with Crippen LogP contribution in [-0.4, -0.2) is 25.6 Å². The van der Waals surface area contributed by atoms with Crippen molar-refractivity contribution in [3.8, 4) is 5.75 Å². The maximum atomic E-state index is 13.5. The van der Waals surface area contributed by atoms with Gasteiger partial charge in [-0.15, -0.1) is 0 Å². The number of carbonyl (C=O) groups excluding carboxylic acids is 1. The molecule has 1 amide bonds.